The van der Waals surface area contributed by atoms with E-state index in [1.54, 1.807) is 0 Å². The molecular weight excluding hydrogens is 196 g/mol. The molecule has 0 fully saturated rings. The van der Waals surface area contributed by atoms with Gasteiger partial charge in [-0.2, -0.15) is 11.8 Å². The van der Waals surface area contributed by atoms with Gasteiger partial charge in [0.25, 0.3) is 0 Å². The maximum Gasteiger partial charge on any atom is 0.236 e. The number of amides is 1. The zero-order chi connectivity index (χ0) is 11.0. The van der Waals surface area contributed by atoms with E-state index >= 15 is 0 Å². The number of likely N-dealkylation sites (N-methyl/N-ethyl adjacent to an activating group) is 1. The number of nitrogens with one attached hydrogen (secondary N) is 2. The van der Waals surface area contributed by atoms with Gasteiger partial charge in [0.1, 0.15) is 0 Å². The van der Waals surface area contributed by atoms with Gasteiger partial charge in [0.2, 0.25) is 5.91 Å². The van der Waals surface area contributed by atoms with Crippen LogP contribution in [0, 0.1) is 5.92 Å². The first kappa shape index (κ1) is 13.8. The van der Waals surface area contributed by atoms with E-state index in [-0.39, 0.29) is 11.9 Å². The van der Waals surface area contributed by atoms with E-state index in [0.29, 0.717) is 12.5 Å². The first-order chi connectivity index (χ1) is 6.61. The Kier molecular flexibility index (Phi) is 7.99. The normalized spacial score (nSPS) is 14.9. The molecule has 0 aliphatic rings. The van der Waals surface area contributed by atoms with Gasteiger partial charge in [-0.25, -0.2) is 0 Å². The van der Waals surface area contributed by atoms with Gasteiger partial charge in [-0.15, -0.1) is 0 Å². The van der Waals surface area contributed by atoms with Crippen molar-refractivity contribution in [2.45, 2.75) is 26.8 Å². The number of hydrogen-bond acceptors (Lipinski definition) is 3. The van der Waals surface area contributed by atoms with Crippen LogP contribution in [0.3, 0.4) is 0 Å². The highest BCUT2D eigenvalue weighted by molar-refractivity contribution is 7.98. The molecule has 0 aliphatic carbocycles. The third-order valence-corrected chi connectivity index (χ3v) is 2.87. The summed E-state index contributed by atoms with van der Waals surface area (Å²) in [6.07, 6.45) is 2.10. The molecule has 2 N–H and O–H groups in total. The number of carbonyl (C=O) groups excluding carboxylic acids is 1. The van der Waals surface area contributed by atoms with Crippen LogP contribution >= 0.6 is 11.8 Å². The average Bonchev–Trinajstić information content (AvgIpc) is 2.15. The second kappa shape index (κ2) is 8.12. The van der Waals surface area contributed by atoms with Gasteiger partial charge in [-0.05, 0) is 38.3 Å². The lowest BCUT2D eigenvalue weighted by Crippen LogP contribution is -2.43. The summed E-state index contributed by atoms with van der Waals surface area (Å²) >= 11 is 1.84. The van der Waals surface area contributed by atoms with Gasteiger partial charge in [-0.3, -0.25) is 4.79 Å². The van der Waals surface area contributed by atoms with Crippen molar-refractivity contribution >= 4 is 17.7 Å². The summed E-state index contributed by atoms with van der Waals surface area (Å²) in [7, 11) is 0. The maximum atomic E-state index is 11.3. The second-order valence-electron chi connectivity index (χ2n) is 3.59. The molecule has 2 atom stereocenters. The van der Waals surface area contributed by atoms with Crippen LogP contribution in [0.25, 0.3) is 0 Å². The molecule has 1 amide bonds. The largest absolute Gasteiger partial charge is 0.355 e. The molecule has 0 aromatic heterocycles. The van der Waals surface area contributed by atoms with Crippen LogP contribution in [0.2, 0.25) is 0 Å². The first-order valence-electron chi connectivity index (χ1n) is 5.11. The highest BCUT2D eigenvalue weighted by Gasteiger charge is 2.11. The minimum absolute atomic E-state index is 0.0840. The van der Waals surface area contributed by atoms with Crippen LogP contribution < -0.4 is 10.6 Å². The van der Waals surface area contributed by atoms with Crippen molar-refractivity contribution in [1.29, 1.82) is 0 Å². The van der Waals surface area contributed by atoms with Crippen molar-refractivity contribution in [3.63, 3.8) is 0 Å². The third-order valence-electron chi connectivity index (χ3n) is 1.97. The second-order valence-corrected chi connectivity index (χ2v) is 4.50. The zero-order valence-corrected chi connectivity index (χ0v) is 10.4. The fourth-order valence-electron chi connectivity index (χ4n) is 1.14. The fraction of sp³-hybridized carbons (Fsp3) is 0.900. The van der Waals surface area contributed by atoms with Crippen LogP contribution in [-0.4, -0.2) is 37.0 Å². The van der Waals surface area contributed by atoms with Crippen molar-refractivity contribution in [3.8, 4) is 0 Å². The molecule has 0 heterocycles. The van der Waals surface area contributed by atoms with E-state index < -0.39 is 0 Å². The first-order valence-corrected chi connectivity index (χ1v) is 6.51. The Labute approximate surface area is 91.4 Å². The summed E-state index contributed by atoms with van der Waals surface area (Å²) in [4.78, 5) is 11.3. The summed E-state index contributed by atoms with van der Waals surface area (Å²) in [6.45, 7) is 7.62. The number of rotatable bonds is 7. The minimum atomic E-state index is -0.0840. The Morgan fingerprint density at radius 3 is 2.57 bits per heavy atom. The van der Waals surface area contributed by atoms with E-state index in [0.717, 1.165) is 12.3 Å². The molecular formula is C10H22N2OS. The van der Waals surface area contributed by atoms with Gasteiger partial charge in [0.05, 0.1) is 6.04 Å². The Morgan fingerprint density at radius 1 is 1.43 bits per heavy atom. The molecule has 0 aromatic carbocycles. The molecule has 14 heavy (non-hydrogen) atoms. The Morgan fingerprint density at radius 2 is 2.07 bits per heavy atom. The van der Waals surface area contributed by atoms with Crippen molar-refractivity contribution in [3.05, 3.63) is 0 Å². The monoisotopic (exact) mass is 218 g/mol. The van der Waals surface area contributed by atoms with Crippen molar-refractivity contribution in [1.82, 2.24) is 10.6 Å². The van der Waals surface area contributed by atoms with Crippen LogP contribution in [0.5, 0.6) is 0 Å². The van der Waals surface area contributed by atoms with Crippen molar-refractivity contribution in [2.75, 3.05) is 25.1 Å². The molecule has 0 spiro atoms. The molecule has 0 saturated carbocycles. The highest BCUT2D eigenvalue weighted by Crippen LogP contribution is 2.02. The van der Waals surface area contributed by atoms with E-state index in [1.165, 1.54) is 0 Å². The summed E-state index contributed by atoms with van der Waals surface area (Å²) < 4.78 is 0. The van der Waals surface area contributed by atoms with Crippen LogP contribution in [0.15, 0.2) is 0 Å². The van der Waals surface area contributed by atoms with Crippen LogP contribution in [0.1, 0.15) is 20.8 Å². The molecule has 84 valence electrons. The lowest BCUT2D eigenvalue weighted by atomic mass is 10.2. The maximum absolute atomic E-state index is 11.3. The molecule has 0 aliphatic heterocycles. The third kappa shape index (κ3) is 6.27. The SMILES string of the molecule is CCNC(=O)C(C)NCC(C)CSC. The quantitative estimate of drug-likeness (QED) is 0.672. The number of thioether (sulfide) groups is 1. The number of carbonyl (C=O) groups is 1. The predicted molar refractivity (Wildman–Crippen MR) is 63.7 cm³/mol. The van der Waals surface area contributed by atoms with E-state index in [1.807, 2.05) is 25.6 Å². The van der Waals surface area contributed by atoms with Crippen molar-refractivity contribution < 1.29 is 4.79 Å². The zero-order valence-electron chi connectivity index (χ0n) is 9.59. The standard InChI is InChI=1S/C10H22N2OS/c1-5-11-10(13)9(3)12-6-8(2)7-14-4/h8-9,12H,5-7H2,1-4H3,(H,11,13). The lowest BCUT2D eigenvalue weighted by molar-refractivity contribution is -0.122. The smallest absolute Gasteiger partial charge is 0.236 e. The van der Waals surface area contributed by atoms with Crippen LogP contribution in [0.4, 0.5) is 0 Å². The summed E-state index contributed by atoms with van der Waals surface area (Å²) in [5, 5.41) is 6.02. The molecule has 0 saturated heterocycles. The Bertz CT molecular complexity index is 164. The Hall–Kier alpha value is -0.220. The van der Waals surface area contributed by atoms with Crippen molar-refractivity contribution in [2.24, 2.45) is 5.92 Å². The van der Waals surface area contributed by atoms with Gasteiger partial charge >= 0.3 is 0 Å². The number of hydrogen-bond donors (Lipinski definition) is 2. The molecule has 2 unspecified atom stereocenters. The topological polar surface area (TPSA) is 41.1 Å². The average molecular weight is 218 g/mol. The molecule has 4 heteroatoms. The van der Waals surface area contributed by atoms with Gasteiger partial charge in [-0.1, -0.05) is 6.92 Å². The molecule has 0 bridgehead atoms. The molecule has 0 aromatic rings. The van der Waals surface area contributed by atoms with E-state index in [4.69, 9.17) is 0 Å². The summed E-state index contributed by atoms with van der Waals surface area (Å²) in [5.41, 5.74) is 0. The molecule has 0 radical (unpaired) electrons. The van der Waals surface area contributed by atoms with Crippen LogP contribution in [-0.2, 0) is 4.79 Å². The Balaban J connectivity index is 3.61. The lowest BCUT2D eigenvalue weighted by Gasteiger charge is -2.16. The fourth-order valence-corrected chi connectivity index (χ4v) is 1.83. The highest BCUT2D eigenvalue weighted by atomic mass is 32.2. The molecule has 0 rings (SSSR count). The van der Waals surface area contributed by atoms with Gasteiger partial charge in [0, 0.05) is 6.54 Å². The van der Waals surface area contributed by atoms with Gasteiger partial charge in [0.15, 0.2) is 0 Å². The summed E-state index contributed by atoms with van der Waals surface area (Å²) in [6, 6.07) is -0.0840. The van der Waals surface area contributed by atoms with Gasteiger partial charge < -0.3 is 10.6 Å². The minimum Gasteiger partial charge on any atom is -0.355 e. The summed E-state index contributed by atoms with van der Waals surface area (Å²) in [5.74, 6) is 1.83. The van der Waals surface area contributed by atoms with E-state index in [2.05, 4.69) is 23.8 Å². The predicted octanol–water partition coefficient (Wildman–Crippen LogP) is 1.10. The molecule has 3 nitrogen and oxygen atoms in total. The van der Waals surface area contributed by atoms with E-state index in [9.17, 15) is 4.79 Å².